The Kier molecular flexibility index (Phi) is 7.59. The summed E-state index contributed by atoms with van der Waals surface area (Å²) in [6.07, 6.45) is 7.44. The SMILES string of the molecule is CCCCOC(=O)CC(N)C(=O)N(C)C1CCCCC1. The number of hydrogen-bond donors (Lipinski definition) is 1. The van der Waals surface area contributed by atoms with Crippen LogP contribution in [0.25, 0.3) is 0 Å². The highest BCUT2D eigenvalue weighted by molar-refractivity contribution is 5.86. The fourth-order valence-corrected chi connectivity index (χ4v) is 2.57. The van der Waals surface area contributed by atoms with Crippen molar-refractivity contribution < 1.29 is 14.3 Å². The summed E-state index contributed by atoms with van der Waals surface area (Å²) in [4.78, 5) is 25.5. The van der Waals surface area contributed by atoms with Crippen LogP contribution >= 0.6 is 0 Å². The van der Waals surface area contributed by atoms with Crippen molar-refractivity contribution in [3.63, 3.8) is 0 Å². The number of rotatable bonds is 7. The van der Waals surface area contributed by atoms with Gasteiger partial charge < -0.3 is 15.4 Å². The van der Waals surface area contributed by atoms with Gasteiger partial charge in [-0.1, -0.05) is 32.6 Å². The van der Waals surface area contributed by atoms with Crippen LogP contribution in [0.1, 0.15) is 58.3 Å². The lowest BCUT2D eigenvalue weighted by molar-refractivity contribution is -0.147. The molecule has 0 aromatic carbocycles. The topological polar surface area (TPSA) is 72.6 Å². The molecule has 0 bridgehead atoms. The molecule has 1 aliphatic carbocycles. The number of nitrogens with two attached hydrogens (primary N) is 1. The van der Waals surface area contributed by atoms with Gasteiger partial charge in [-0.25, -0.2) is 0 Å². The van der Waals surface area contributed by atoms with Crippen LogP contribution in [0.5, 0.6) is 0 Å². The molecule has 2 N–H and O–H groups in total. The van der Waals surface area contributed by atoms with E-state index < -0.39 is 6.04 Å². The van der Waals surface area contributed by atoms with Crippen LogP contribution in [0.2, 0.25) is 0 Å². The first-order chi connectivity index (χ1) is 9.56. The number of nitrogens with zero attached hydrogens (tertiary/aromatic N) is 1. The minimum atomic E-state index is -0.781. The smallest absolute Gasteiger partial charge is 0.307 e. The number of amides is 1. The summed E-state index contributed by atoms with van der Waals surface area (Å²) in [5, 5.41) is 0. The maximum Gasteiger partial charge on any atom is 0.307 e. The zero-order valence-corrected chi connectivity index (χ0v) is 12.8. The van der Waals surface area contributed by atoms with Crippen LogP contribution in [-0.2, 0) is 14.3 Å². The Balaban J connectivity index is 2.35. The van der Waals surface area contributed by atoms with Crippen molar-refractivity contribution in [3.05, 3.63) is 0 Å². The highest BCUT2D eigenvalue weighted by Gasteiger charge is 2.27. The molecule has 0 aliphatic heterocycles. The third kappa shape index (κ3) is 5.49. The lowest BCUT2D eigenvalue weighted by Crippen LogP contribution is -2.48. The standard InChI is InChI=1S/C15H28N2O3/c1-3-4-10-20-14(18)11-13(16)15(19)17(2)12-8-6-5-7-9-12/h12-13H,3-11,16H2,1-2H3. The van der Waals surface area contributed by atoms with Gasteiger partial charge in [0, 0.05) is 13.1 Å². The highest BCUT2D eigenvalue weighted by Crippen LogP contribution is 2.22. The molecule has 1 atom stereocenters. The van der Waals surface area contributed by atoms with Gasteiger partial charge in [-0.05, 0) is 19.3 Å². The molecule has 1 rings (SSSR count). The second-order valence-electron chi connectivity index (χ2n) is 5.63. The molecule has 1 fully saturated rings. The first-order valence-corrected chi connectivity index (χ1v) is 7.74. The van der Waals surface area contributed by atoms with Crippen molar-refractivity contribution in [2.75, 3.05) is 13.7 Å². The normalized spacial score (nSPS) is 17.6. The van der Waals surface area contributed by atoms with Crippen molar-refractivity contribution in [2.24, 2.45) is 5.73 Å². The molecule has 1 saturated carbocycles. The van der Waals surface area contributed by atoms with Crippen LogP contribution in [0.3, 0.4) is 0 Å². The van der Waals surface area contributed by atoms with Crippen molar-refractivity contribution in [3.8, 4) is 0 Å². The van der Waals surface area contributed by atoms with Gasteiger partial charge in [-0.2, -0.15) is 0 Å². The number of ether oxygens (including phenoxy) is 1. The average Bonchev–Trinajstić information content (AvgIpc) is 2.46. The van der Waals surface area contributed by atoms with Crippen molar-refractivity contribution in [1.29, 1.82) is 0 Å². The molecule has 0 spiro atoms. The molecular weight excluding hydrogens is 256 g/mol. The summed E-state index contributed by atoms with van der Waals surface area (Å²) in [6, 6.07) is -0.505. The van der Waals surface area contributed by atoms with Gasteiger partial charge in [0.05, 0.1) is 19.1 Å². The first kappa shape index (κ1) is 17.0. The molecule has 1 aliphatic rings. The van der Waals surface area contributed by atoms with E-state index in [9.17, 15) is 9.59 Å². The lowest BCUT2D eigenvalue weighted by atomic mass is 9.94. The number of esters is 1. The Morgan fingerprint density at radius 2 is 1.95 bits per heavy atom. The second-order valence-corrected chi connectivity index (χ2v) is 5.63. The maximum atomic E-state index is 12.2. The maximum absolute atomic E-state index is 12.2. The monoisotopic (exact) mass is 284 g/mol. The quantitative estimate of drug-likeness (QED) is 0.572. The largest absolute Gasteiger partial charge is 0.466 e. The van der Waals surface area contributed by atoms with Crippen LogP contribution in [-0.4, -0.2) is 42.5 Å². The Morgan fingerprint density at radius 3 is 2.55 bits per heavy atom. The van der Waals surface area contributed by atoms with E-state index in [0.29, 0.717) is 6.61 Å². The third-order valence-corrected chi connectivity index (χ3v) is 3.93. The molecular formula is C15H28N2O3. The van der Waals surface area contributed by atoms with Gasteiger partial charge in [0.1, 0.15) is 0 Å². The number of hydrogen-bond acceptors (Lipinski definition) is 4. The molecule has 0 saturated heterocycles. The average molecular weight is 284 g/mol. The summed E-state index contributed by atoms with van der Waals surface area (Å²) in [6.45, 7) is 2.44. The van der Waals surface area contributed by atoms with Crippen LogP contribution < -0.4 is 5.73 Å². The van der Waals surface area contributed by atoms with Crippen molar-refractivity contribution >= 4 is 11.9 Å². The summed E-state index contributed by atoms with van der Waals surface area (Å²) in [5.41, 5.74) is 5.84. The highest BCUT2D eigenvalue weighted by atomic mass is 16.5. The van der Waals surface area contributed by atoms with Crippen LogP contribution in [0.15, 0.2) is 0 Å². The number of likely N-dealkylation sites (N-methyl/N-ethyl adjacent to an activating group) is 1. The fraction of sp³-hybridized carbons (Fsp3) is 0.867. The molecule has 1 amide bonds. The Hall–Kier alpha value is -1.10. The summed E-state index contributed by atoms with van der Waals surface area (Å²) in [5.74, 6) is -0.527. The molecule has 1 unspecified atom stereocenters. The number of carbonyl (C=O) groups excluding carboxylic acids is 2. The molecule has 5 heteroatoms. The van der Waals surface area contributed by atoms with E-state index in [2.05, 4.69) is 0 Å². The summed E-state index contributed by atoms with van der Waals surface area (Å²) in [7, 11) is 1.79. The van der Waals surface area contributed by atoms with Gasteiger partial charge in [-0.3, -0.25) is 9.59 Å². The van der Waals surface area contributed by atoms with Gasteiger partial charge in [0.15, 0.2) is 0 Å². The third-order valence-electron chi connectivity index (χ3n) is 3.93. The van der Waals surface area contributed by atoms with Crippen molar-refractivity contribution in [1.82, 2.24) is 4.90 Å². The predicted molar refractivity (Wildman–Crippen MR) is 78.1 cm³/mol. The van der Waals surface area contributed by atoms with E-state index in [1.165, 1.54) is 6.42 Å². The molecule has 5 nitrogen and oxygen atoms in total. The number of unbranched alkanes of at least 4 members (excludes halogenated alkanes) is 1. The van der Waals surface area contributed by atoms with E-state index in [1.54, 1.807) is 11.9 Å². The molecule has 20 heavy (non-hydrogen) atoms. The van der Waals surface area contributed by atoms with E-state index in [-0.39, 0.29) is 24.3 Å². The van der Waals surface area contributed by atoms with E-state index in [4.69, 9.17) is 10.5 Å². The van der Waals surface area contributed by atoms with E-state index in [1.807, 2.05) is 6.92 Å². The molecule has 116 valence electrons. The Labute approximate surface area is 121 Å². The fourth-order valence-electron chi connectivity index (χ4n) is 2.57. The van der Waals surface area contributed by atoms with Crippen molar-refractivity contribution in [2.45, 2.75) is 70.4 Å². The minimum Gasteiger partial charge on any atom is -0.466 e. The van der Waals surface area contributed by atoms with E-state index in [0.717, 1.165) is 38.5 Å². The number of carbonyl (C=O) groups is 2. The van der Waals surface area contributed by atoms with E-state index >= 15 is 0 Å². The summed E-state index contributed by atoms with van der Waals surface area (Å²) < 4.78 is 5.04. The van der Waals surface area contributed by atoms with Crippen LogP contribution in [0, 0.1) is 0 Å². The van der Waals surface area contributed by atoms with Gasteiger partial charge in [0.25, 0.3) is 0 Å². The van der Waals surface area contributed by atoms with Gasteiger partial charge in [-0.15, -0.1) is 0 Å². The molecule has 0 radical (unpaired) electrons. The first-order valence-electron chi connectivity index (χ1n) is 7.74. The molecule has 0 heterocycles. The Bertz CT molecular complexity index is 314. The second kappa shape index (κ2) is 8.95. The Morgan fingerprint density at radius 1 is 1.30 bits per heavy atom. The zero-order chi connectivity index (χ0) is 15.0. The lowest BCUT2D eigenvalue weighted by Gasteiger charge is -2.32. The molecule has 0 aromatic heterocycles. The van der Waals surface area contributed by atoms with Gasteiger partial charge >= 0.3 is 5.97 Å². The predicted octanol–water partition coefficient (Wildman–Crippen LogP) is 1.84. The summed E-state index contributed by atoms with van der Waals surface area (Å²) >= 11 is 0. The van der Waals surface area contributed by atoms with Crippen LogP contribution in [0.4, 0.5) is 0 Å². The van der Waals surface area contributed by atoms with Gasteiger partial charge in [0.2, 0.25) is 5.91 Å². The zero-order valence-electron chi connectivity index (χ0n) is 12.8. The molecule has 0 aromatic rings. The minimum absolute atomic E-state index is 0.0282.